The van der Waals surface area contributed by atoms with E-state index in [9.17, 15) is 0 Å². The average molecular weight is 217 g/mol. The van der Waals surface area contributed by atoms with Crippen molar-refractivity contribution in [1.82, 2.24) is 5.32 Å². The van der Waals surface area contributed by atoms with E-state index < -0.39 is 0 Å². The number of nitrogens with one attached hydrogen (secondary N) is 1. The van der Waals surface area contributed by atoms with Crippen LogP contribution < -0.4 is 10.1 Å². The topological polar surface area (TPSA) is 21.3 Å². The van der Waals surface area contributed by atoms with Crippen LogP contribution >= 0.6 is 0 Å². The molecule has 1 aliphatic carbocycles. The van der Waals surface area contributed by atoms with Crippen molar-refractivity contribution >= 4 is 0 Å². The van der Waals surface area contributed by atoms with E-state index in [0.717, 1.165) is 17.7 Å². The fourth-order valence-corrected chi connectivity index (χ4v) is 3.23. The zero-order chi connectivity index (χ0) is 11.0. The number of aryl methyl sites for hydroxylation is 1. The van der Waals surface area contributed by atoms with Crippen molar-refractivity contribution in [1.29, 1.82) is 0 Å². The molecule has 1 fully saturated rings. The highest BCUT2D eigenvalue weighted by Crippen LogP contribution is 2.38. The predicted octanol–water partition coefficient (Wildman–Crippen LogP) is 2.48. The normalized spacial score (nSPS) is 28.1. The number of rotatable bonds is 1. The minimum atomic E-state index is 0.717. The first kappa shape index (κ1) is 10.2. The number of hydrogen-bond acceptors (Lipinski definition) is 2. The van der Waals surface area contributed by atoms with Crippen LogP contribution in [0.3, 0.4) is 0 Å². The lowest BCUT2D eigenvalue weighted by atomic mass is 9.75. The molecule has 1 saturated heterocycles. The third-order valence-corrected chi connectivity index (χ3v) is 4.06. The van der Waals surface area contributed by atoms with Gasteiger partial charge in [-0.3, -0.25) is 0 Å². The molecule has 0 bridgehead atoms. The van der Waals surface area contributed by atoms with Crippen molar-refractivity contribution in [3.63, 3.8) is 0 Å². The lowest BCUT2D eigenvalue weighted by Crippen LogP contribution is -2.42. The summed E-state index contributed by atoms with van der Waals surface area (Å²) < 4.78 is 5.30. The Morgan fingerprint density at radius 2 is 2.25 bits per heavy atom. The molecule has 16 heavy (non-hydrogen) atoms. The molecule has 2 heteroatoms. The number of hydrogen-bond donors (Lipinski definition) is 1. The van der Waals surface area contributed by atoms with Crippen LogP contribution in [0.15, 0.2) is 18.2 Å². The van der Waals surface area contributed by atoms with Crippen LogP contribution in [0.1, 0.15) is 36.3 Å². The maximum Gasteiger partial charge on any atom is 0.119 e. The lowest BCUT2D eigenvalue weighted by molar-refractivity contribution is 0.318. The van der Waals surface area contributed by atoms with Crippen LogP contribution in [0.5, 0.6) is 5.75 Å². The second-order valence-corrected chi connectivity index (χ2v) is 4.91. The zero-order valence-electron chi connectivity index (χ0n) is 9.83. The molecule has 2 aliphatic rings. The van der Waals surface area contributed by atoms with Crippen molar-refractivity contribution in [2.24, 2.45) is 0 Å². The highest BCUT2D eigenvalue weighted by Gasteiger charge is 2.31. The molecule has 0 saturated carbocycles. The third kappa shape index (κ3) is 1.61. The Bertz CT molecular complexity index is 388. The summed E-state index contributed by atoms with van der Waals surface area (Å²) in [5.74, 6) is 1.74. The zero-order valence-corrected chi connectivity index (χ0v) is 9.83. The standard InChI is InChI=1S/C14H19NO/c1-16-11-5-6-12-10(9-11)4-7-14-13(12)3-2-8-15-14/h5-6,9,13-15H,2-4,7-8H2,1H3/t13-,14-/m1/s1. The molecule has 2 atom stereocenters. The largest absolute Gasteiger partial charge is 0.497 e. The van der Waals surface area contributed by atoms with Crippen molar-refractivity contribution < 1.29 is 4.74 Å². The van der Waals surface area contributed by atoms with Crippen LogP contribution in [0, 0.1) is 0 Å². The highest BCUT2D eigenvalue weighted by atomic mass is 16.5. The minimum absolute atomic E-state index is 0.717. The Balaban J connectivity index is 1.96. The Morgan fingerprint density at radius 3 is 3.12 bits per heavy atom. The van der Waals surface area contributed by atoms with Crippen LogP contribution in [0.25, 0.3) is 0 Å². The number of benzene rings is 1. The first-order valence-corrected chi connectivity index (χ1v) is 6.28. The summed E-state index contributed by atoms with van der Waals surface area (Å²) in [6.45, 7) is 1.20. The monoisotopic (exact) mass is 217 g/mol. The van der Waals surface area contributed by atoms with E-state index >= 15 is 0 Å². The van der Waals surface area contributed by atoms with Crippen LogP contribution in [0.2, 0.25) is 0 Å². The quantitative estimate of drug-likeness (QED) is 0.780. The van der Waals surface area contributed by atoms with E-state index in [1.807, 2.05) is 0 Å². The molecule has 0 spiro atoms. The molecule has 1 aromatic carbocycles. The minimum Gasteiger partial charge on any atom is -0.497 e. The van der Waals surface area contributed by atoms with Gasteiger partial charge in [0.1, 0.15) is 5.75 Å². The number of fused-ring (bicyclic) bond motifs is 3. The number of piperidine rings is 1. The van der Waals surface area contributed by atoms with Crippen LogP contribution in [-0.4, -0.2) is 19.7 Å². The summed E-state index contributed by atoms with van der Waals surface area (Å²) >= 11 is 0. The van der Waals surface area contributed by atoms with Crippen molar-refractivity contribution in [2.75, 3.05) is 13.7 Å². The van der Waals surface area contributed by atoms with Gasteiger partial charge in [0.05, 0.1) is 7.11 Å². The molecular weight excluding hydrogens is 198 g/mol. The van der Waals surface area contributed by atoms with E-state index in [1.165, 1.54) is 37.8 Å². The molecule has 0 aromatic heterocycles. The first-order valence-electron chi connectivity index (χ1n) is 6.28. The van der Waals surface area contributed by atoms with E-state index in [0.29, 0.717) is 0 Å². The summed E-state index contributed by atoms with van der Waals surface area (Å²) in [5, 5.41) is 3.66. The Kier molecular flexibility index (Phi) is 2.60. The number of ether oxygens (including phenoxy) is 1. The van der Waals surface area contributed by atoms with Crippen LogP contribution in [-0.2, 0) is 6.42 Å². The van der Waals surface area contributed by atoms with Crippen molar-refractivity contribution in [3.05, 3.63) is 29.3 Å². The molecule has 1 aliphatic heterocycles. The van der Waals surface area contributed by atoms with E-state index in [-0.39, 0.29) is 0 Å². The molecule has 1 aromatic rings. The average Bonchev–Trinajstić information content (AvgIpc) is 2.38. The summed E-state index contributed by atoms with van der Waals surface area (Å²) in [6.07, 6.45) is 5.13. The van der Waals surface area contributed by atoms with Gasteiger partial charge in [-0.15, -0.1) is 0 Å². The van der Waals surface area contributed by atoms with Gasteiger partial charge in [0.2, 0.25) is 0 Å². The van der Waals surface area contributed by atoms with Gasteiger partial charge in [-0.2, -0.15) is 0 Å². The second kappa shape index (κ2) is 4.10. The number of methoxy groups -OCH3 is 1. The van der Waals surface area contributed by atoms with Gasteiger partial charge in [0, 0.05) is 6.04 Å². The smallest absolute Gasteiger partial charge is 0.119 e. The Hall–Kier alpha value is -1.02. The molecular formula is C14H19NO. The first-order chi connectivity index (χ1) is 7.88. The summed E-state index contributed by atoms with van der Waals surface area (Å²) in [7, 11) is 1.75. The van der Waals surface area contributed by atoms with Crippen molar-refractivity contribution in [2.45, 2.75) is 37.6 Å². The maximum atomic E-state index is 5.30. The Morgan fingerprint density at radius 1 is 1.31 bits per heavy atom. The van der Waals surface area contributed by atoms with Crippen LogP contribution in [0.4, 0.5) is 0 Å². The van der Waals surface area contributed by atoms with Gasteiger partial charge in [0.25, 0.3) is 0 Å². The van der Waals surface area contributed by atoms with E-state index in [4.69, 9.17) is 4.74 Å². The van der Waals surface area contributed by atoms with Gasteiger partial charge >= 0.3 is 0 Å². The van der Waals surface area contributed by atoms with Gasteiger partial charge in [-0.1, -0.05) is 6.07 Å². The summed E-state index contributed by atoms with van der Waals surface area (Å²) in [5.41, 5.74) is 3.06. The molecule has 0 amide bonds. The van der Waals surface area contributed by atoms with Gasteiger partial charge in [-0.25, -0.2) is 0 Å². The molecule has 0 unspecified atom stereocenters. The molecule has 2 nitrogen and oxygen atoms in total. The van der Waals surface area contributed by atoms with E-state index in [1.54, 1.807) is 12.7 Å². The maximum absolute atomic E-state index is 5.30. The molecule has 3 rings (SSSR count). The van der Waals surface area contributed by atoms with Crippen molar-refractivity contribution in [3.8, 4) is 5.75 Å². The predicted molar refractivity (Wildman–Crippen MR) is 65.1 cm³/mol. The SMILES string of the molecule is COc1ccc2c(c1)CC[C@H]1NCCC[C@H]21. The second-order valence-electron chi connectivity index (χ2n) is 4.91. The summed E-state index contributed by atoms with van der Waals surface area (Å²) in [6, 6.07) is 7.32. The fraction of sp³-hybridized carbons (Fsp3) is 0.571. The highest BCUT2D eigenvalue weighted by molar-refractivity contribution is 5.40. The summed E-state index contributed by atoms with van der Waals surface area (Å²) in [4.78, 5) is 0. The third-order valence-electron chi connectivity index (χ3n) is 4.06. The molecule has 86 valence electrons. The molecule has 1 N–H and O–H groups in total. The Labute approximate surface area is 97.0 Å². The van der Waals surface area contributed by atoms with Gasteiger partial charge in [-0.05, 0) is 61.4 Å². The molecule has 1 heterocycles. The fourth-order valence-electron chi connectivity index (χ4n) is 3.23. The molecule has 0 radical (unpaired) electrons. The van der Waals surface area contributed by atoms with E-state index in [2.05, 4.69) is 23.5 Å². The van der Waals surface area contributed by atoms with Gasteiger partial charge < -0.3 is 10.1 Å². The lowest BCUT2D eigenvalue weighted by Gasteiger charge is -2.38. The van der Waals surface area contributed by atoms with Gasteiger partial charge in [0.15, 0.2) is 0 Å².